The molecule has 8 heavy (non-hydrogen) atoms. The summed E-state index contributed by atoms with van der Waals surface area (Å²) in [6.07, 6.45) is 0. The second-order valence-corrected chi connectivity index (χ2v) is 1.41. The first kappa shape index (κ1) is 23.0. The largest absolute Gasteiger partial charge is 2.00 e. The van der Waals surface area contributed by atoms with Crippen molar-refractivity contribution in [2.75, 3.05) is 0 Å². The minimum absolute atomic E-state index is 0. The van der Waals surface area contributed by atoms with Gasteiger partial charge in [0.25, 0.3) is 0 Å². The number of hydrogen-bond acceptors (Lipinski definition) is 3. The normalized spacial score (nSPS) is 7.38. The fourth-order valence-corrected chi connectivity index (χ4v) is 0. The van der Waals surface area contributed by atoms with Gasteiger partial charge in [-0.2, -0.15) is 0 Å². The molecule has 50 valence electrons. The molecule has 0 amide bonds. The maximum Gasteiger partial charge on any atom is 2.00 e. The third kappa shape index (κ3) is 224. The van der Waals surface area contributed by atoms with E-state index in [1.165, 1.54) is 0 Å². The summed E-state index contributed by atoms with van der Waals surface area (Å²) in [6.45, 7) is 0. The molecule has 0 aromatic heterocycles. The average Bonchev–Trinajstić information content (AvgIpc) is 0.722. The molecule has 0 saturated heterocycles. The van der Waals surface area contributed by atoms with Crippen LogP contribution in [0.1, 0.15) is 0 Å². The van der Waals surface area contributed by atoms with E-state index in [0.717, 1.165) is 0 Å². The first-order valence-electron chi connectivity index (χ1n) is 0.748. The van der Waals surface area contributed by atoms with Crippen LogP contribution in [0.5, 0.6) is 0 Å². The molecule has 0 unspecified atom stereocenters. The maximum absolute atomic E-state index is 8.66. The van der Waals surface area contributed by atoms with Gasteiger partial charge in [-0.25, -0.2) is 0 Å². The molecule has 0 aromatic carbocycles. The van der Waals surface area contributed by atoms with Crippen molar-refractivity contribution in [2.45, 2.75) is 0 Å². The van der Waals surface area contributed by atoms with Gasteiger partial charge >= 0.3 is 31.1 Å². The zero-order valence-corrected chi connectivity index (χ0v) is 8.68. The molecule has 0 aromatic rings. The molecule has 0 spiro atoms. The van der Waals surface area contributed by atoms with Crippen LogP contribution < -0.4 is 9.79 Å². The van der Waals surface area contributed by atoms with E-state index in [-0.39, 0.29) is 42.1 Å². The van der Waals surface area contributed by atoms with Crippen LogP contribution in [-0.2, 0) is 4.57 Å². The third-order valence-electron chi connectivity index (χ3n) is 0. The molecule has 0 fully saturated rings. The van der Waals surface area contributed by atoms with Crippen LogP contribution in [0.25, 0.3) is 0 Å². The minimum Gasteiger partial charge on any atom is -0.790 e. The van der Waals surface area contributed by atoms with Crippen molar-refractivity contribution in [2.24, 2.45) is 0 Å². The van der Waals surface area contributed by atoms with Gasteiger partial charge < -0.3 is 30.2 Å². The Kier molecular flexibility index (Phi) is 23.2. The van der Waals surface area contributed by atoms with Crippen LogP contribution in [0.2, 0.25) is 0 Å². The molecule has 8 heteroatoms. The first-order valence-corrected chi connectivity index (χ1v) is 2.24. The van der Waals surface area contributed by atoms with Gasteiger partial charge in [-0.1, -0.05) is 0 Å². The Bertz CT molecular complexity index is 54.7. The summed E-state index contributed by atoms with van der Waals surface area (Å²) in [5.41, 5.74) is 0. The van der Waals surface area contributed by atoms with Gasteiger partial charge in [0, 0.05) is 0 Å². The topological polar surface area (TPSA) is 146 Å². The second-order valence-electron chi connectivity index (χ2n) is 0.469. The van der Waals surface area contributed by atoms with Crippen molar-refractivity contribution in [3.63, 3.8) is 0 Å². The summed E-state index contributed by atoms with van der Waals surface area (Å²) < 4.78 is 8.66. The standard InChI is InChI=1S/H3O4P.2H2O.U/c1-5(2,3)4;;;/h(H3,1,2,3,4);2*1H2;/q;;;+2/p-2. The van der Waals surface area contributed by atoms with Crippen molar-refractivity contribution >= 4 is 7.82 Å². The van der Waals surface area contributed by atoms with Crippen molar-refractivity contribution in [3.05, 3.63) is 0 Å². The second kappa shape index (κ2) is 8.08. The van der Waals surface area contributed by atoms with Crippen molar-refractivity contribution in [1.82, 2.24) is 0 Å². The number of rotatable bonds is 0. The summed E-state index contributed by atoms with van der Waals surface area (Å²) in [7, 11) is -5.14. The predicted molar refractivity (Wildman–Crippen MR) is 17.1 cm³/mol. The molecule has 0 atom stereocenters. The Morgan fingerprint density at radius 1 is 1.25 bits per heavy atom. The summed E-state index contributed by atoms with van der Waals surface area (Å²) in [5, 5.41) is 0. The maximum atomic E-state index is 8.66. The quantitative estimate of drug-likeness (QED) is 0.435. The van der Waals surface area contributed by atoms with E-state index in [1.54, 1.807) is 0 Å². The number of hydrogen-bond donors (Lipinski definition) is 1. The Labute approximate surface area is 69.1 Å². The molecule has 0 bridgehead atoms. The molecule has 0 heterocycles. The Morgan fingerprint density at radius 3 is 1.25 bits per heavy atom. The number of phosphoric acid groups is 1. The van der Waals surface area contributed by atoms with Gasteiger partial charge in [0.1, 0.15) is 0 Å². The Hall–Kier alpha value is 1.08. The van der Waals surface area contributed by atoms with Gasteiger partial charge in [0.15, 0.2) is 0 Å². The monoisotopic (exact) mass is 370 g/mol. The van der Waals surface area contributed by atoms with E-state index in [1.807, 2.05) is 0 Å². The molecule has 0 radical (unpaired) electrons. The molecule has 0 aliphatic heterocycles. The zero-order valence-electron chi connectivity index (χ0n) is 3.62. The van der Waals surface area contributed by atoms with Crippen LogP contribution in [-0.4, -0.2) is 15.8 Å². The van der Waals surface area contributed by atoms with Gasteiger partial charge in [-0.15, -0.1) is 0 Å². The van der Waals surface area contributed by atoms with E-state index in [2.05, 4.69) is 0 Å². The van der Waals surface area contributed by atoms with Gasteiger partial charge in [0.2, 0.25) is 0 Å². The van der Waals surface area contributed by atoms with E-state index < -0.39 is 7.82 Å². The summed E-state index contributed by atoms with van der Waals surface area (Å²) in [5.74, 6) is 0. The Morgan fingerprint density at radius 2 is 1.25 bits per heavy atom. The molecule has 0 saturated carbocycles. The fraction of sp³-hybridized carbons (Fsp3) is 0. The van der Waals surface area contributed by atoms with Crippen molar-refractivity contribution in [1.29, 1.82) is 0 Å². The molecule has 5 N–H and O–H groups in total. The van der Waals surface area contributed by atoms with Crippen LogP contribution in [0, 0.1) is 31.1 Å². The molecule has 6 nitrogen and oxygen atoms in total. The van der Waals surface area contributed by atoms with Crippen LogP contribution >= 0.6 is 7.82 Å². The SMILES string of the molecule is O.O.O=P([O-])([O-])O.[U+2]. The molecule has 0 aliphatic carbocycles. The third-order valence-corrected chi connectivity index (χ3v) is 0. The van der Waals surface area contributed by atoms with Gasteiger partial charge in [-0.3, -0.25) is 0 Å². The molecule has 0 rings (SSSR count). The predicted octanol–water partition coefficient (Wildman–Crippen LogP) is -3.84. The molecule has 0 aliphatic rings. The molecular weight excluding hydrogens is 365 g/mol. The van der Waals surface area contributed by atoms with E-state index in [9.17, 15) is 0 Å². The van der Waals surface area contributed by atoms with Gasteiger partial charge in [0.05, 0.1) is 7.82 Å². The Balaban J connectivity index is -0.0000000267. The van der Waals surface area contributed by atoms with Crippen molar-refractivity contribution in [3.8, 4) is 0 Å². The van der Waals surface area contributed by atoms with Crippen molar-refractivity contribution < 1.29 is 61.3 Å². The van der Waals surface area contributed by atoms with E-state index in [0.29, 0.717) is 0 Å². The fourth-order valence-electron chi connectivity index (χ4n) is 0. The van der Waals surface area contributed by atoms with Gasteiger partial charge in [-0.05, 0) is 0 Å². The minimum atomic E-state index is -5.14. The average molecular weight is 370 g/mol. The first-order chi connectivity index (χ1) is 2.00. The van der Waals surface area contributed by atoms with Crippen LogP contribution in [0.4, 0.5) is 0 Å². The van der Waals surface area contributed by atoms with Crippen LogP contribution in [0.3, 0.4) is 0 Å². The van der Waals surface area contributed by atoms with E-state index in [4.69, 9.17) is 19.2 Å². The summed E-state index contributed by atoms with van der Waals surface area (Å²) in [4.78, 5) is 24.3. The zero-order chi connectivity index (χ0) is 4.50. The van der Waals surface area contributed by atoms with Crippen LogP contribution in [0.15, 0.2) is 0 Å². The summed E-state index contributed by atoms with van der Waals surface area (Å²) >= 11 is 0. The summed E-state index contributed by atoms with van der Waals surface area (Å²) in [6, 6.07) is 0. The van der Waals surface area contributed by atoms with E-state index >= 15 is 0 Å². The smallest absolute Gasteiger partial charge is 0.790 e. The molecular formula is H5O6PU.